The lowest BCUT2D eigenvalue weighted by Crippen LogP contribution is -2.18. The molecule has 0 atom stereocenters. The molecule has 2 rings (SSSR count). The Bertz CT molecular complexity index is 776. The van der Waals surface area contributed by atoms with Crippen molar-refractivity contribution in [1.82, 2.24) is 15.2 Å². The number of nitro benzene ring substituents is 1. The Labute approximate surface area is 127 Å². The highest BCUT2D eigenvalue weighted by Crippen LogP contribution is 2.19. The molecule has 0 aliphatic carbocycles. The summed E-state index contributed by atoms with van der Waals surface area (Å²) in [6, 6.07) is 6.03. The van der Waals surface area contributed by atoms with Gasteiger partial charge in [-0.25, -0.2) is 0 Å². The maximum absolute atomic E-state index is 11.9. The van der Waals surface area contributed by atoms with Crippen molar-refractivity contribution in [3.05, 3.63) is 56.0 Å². The average molecular weight is 322 g/mol. The summed E-state index contributed by atoms with van der Waals surface area (Å²) in [6.07, 6.45) is -0.0383. The van der Waals surface area contributed by atoms with Gasteiger partial charge in [0.15, 0.2) is 5.16 Å². The highest BCUT2D eigenvalue weighted by atomic mass is 32.2. The number of carboxylic acids is 1. The Kier molecular flexibility index (Phi) is 4.84. The number of hydrogen-bond donors (Lipinski definition) is 2. The van der Waals surface area contributed by atoms with E-state index in [9.17, 15) is 19.7 Å². The number of benzene rings is 1. The second-order valence-electron chi connectivity index (χ2n) is 4.15. The monoisotopic (exact) mass is 322 g/mol. The SMILES string of the molecule is O=C(O)CSc1nnc(Cc2ccccc2[N+](=O)[O-])c(=O)[nH]1. The predicted octanol–water partition coefficient (Wildman–Crippen LogP) is 0.841. The minimum Gasteiger partial charge on any atom is -0.481 e. The molecule has 22 heavy (non-hydrogen) atoms. The van der Waals surface area contributed by atoms with Crippen LogP contribution in [0, 0.1) is 10.1 Å². The van der Waals surface area contributed by atoms with E-state index in [-0.39, 0.29) is 28.7 Å². The second-order valence-corrected chi connectivity index (χ2v) is 5.12. The molecule has 2 aromatic rings. The van der Waals surface area contributed by atoms with Crippen molar-refractivity contribution in [2.24, 2.45) is 0 Å². The van der Waals surface area contributed by atoms with Gasteiger partial charge in [-0.05, 0) is 0 Å². The van der Waals surface area contributed by atoms with Crippen LogP contribution < -0.4 is 5.56 Å². The minimum absolute atomic E-state index is 0.0222. The number of aliphatic carboxylic acids is 1. The molecule has 1 aromatic carbocycles. The van der Waals surface area contributed by atoms with Gasteiger partial charge in [-0.3, -0.25) is 24.7 Å². The van der Waals surface area contributed by atoms with Crippen LogP contribution in [0.2, 0.25) is 0 Å². The molecule has 0 saturated carbocycles. The fraction of sp³-hybridized carbons (Fsp3) is 0.167. The van der Waals surface area contributed by atoms with Crippen molar-refractivity contribution in [3.8, 4) is 0 Å². The summed E-state index contributed by atoms with van der Waals surface area (Å²) in [5.41, 5.74) is -0.290. The molecule has 0 aliphatic heterocycles. The molecule has 10 heteroatoms. The number of nitrogens with one attached hydrogen (secondary N) is 1. The summed E-state index contributed by atoms with van der Waals surface area (Å²) in [5.74, 6) is -1.30. The summed E-state index contributed by atoms with van der Waals surface area (Å²) < 4.78 is 0. The fourth-order valence-electron chi connectivity index (χ4n) is 1.67. The number of nitrogens with zero attached hydrogens (tertiary/aromatic N) is 3. The standard InChI is InChI=1S/C12H10N4O5S/c17-10(18)6-22-12-13-11(19)8(14-15-12)5-7-3-1-2-4-9(7)16(20)21/h1-4H,5-6H2,(H,17,18)(H,13,15,19). The lowest BCUT2D eigenvalue weighted by Gasteiger charge is -2.02. The summed E-state index contributed by atoms with van der Waals surface area (Å²) in [6.45, 7) is 0. The molecule has 0 spiro atoms. The van der Waals surface area contributed by atoms with Crippen molar-refractivity contribution in [2.75, 3.05) is 5.75 Å². The first-order valence-electron chi connectivity index (χ1n) is 6.00. The van der Waals surface area contributed by atoms with E-state index in [4.69, 9.17) is 5.11 Å². The smallest absolute Gasteiger partial charge is 0.313 e. The summed E-state index contributed by atoms with van der Waals surface area (Å²) in [7, 11) is 0. The third-order valence-corrected chi connectivity index (χ3v) is 3.47. The molecule has 1 aromatic heterocycles. The summed E-state index contributed by atoms with van der Waals surface area (Å²) in [4.78, 5) is 35.1. The van der Waals surface area contributed by atoms with Gasteiger partial charge in [-0.1, -0.05) is 30.0 Å². The van der Waals surface area contributed by atoms with E-state index in [0.717, 1.165) is 11.8 Å². The molecule has 114 valence electrons. The zero-order chi connectivity index (χ0) is 16.1. The van der Waals surface area contributed by atoms with Crippen molar-refractivity contribution in [2.45, 2.75) is 11.6 Å². The molecular formula is C12H10N4O5S. The van der Waals surface area contributed by atoms with Crippen LogP contribution in [0.3, 0.4) is 0 Å². The van der Waals surface area contributed by atoms with Crippen LogP contribution in [-0.2, 0) is 11.2 Å². The third-order valence-electron chi connectivity index (χ3n) is 2.62. The molecule has 0 fully saturated rings. The maximum atomic E-state index is 11.9. The maximum Gasteiger partial charge on any atom is 0.313 e. The number of carbonyl (C=O) groups is 1. The first kappa shape index (κ1) is 15.6. The van der Waals surface area contributed by atoms with E-state index in [0.29, 0.717) is 5.56 Å². The number of thioether (sulfide) groups is 1. The van der Waals surface area contributed by atoms with E-state index >= 15 is 0 Å². The van der Waals surface area contributed by atoms with Crippen LogP contribution >= 0.6 is 11.8 Å². The molecule has 0 unspecified atom stereocenters. The van der Waals surface area contributed by atoms with Crippen LogP contribution in [0.1, 0.15) is 11.3 Å². The number of rotatable bonds is 6. The van der Waals surface area contributed by atoms with Crippen LogP contribution in [0.5, 0.6) is 0 Å². The quantitative estimate of drug-likeness (QED) is 0.453. The lowest BCUT2D eigenvalue weighted by atomic mass is 10.1. The van der Waals surface area contributed by atoms with Crippen molar-refractivity contribution in [1.29, 1.82) is 0 Å². The Morgan fingerprint density at radius 3 is 2.73 bits per heavy atom. The molecule has 1 heterocycles. The highest BCUT2D eigenvalue weighted by molar-refractivity contribution is 7.99. The van der Waals surface area contributed by atoms with Crippen LogP contribution in [0.4, 0.5) is 5.69 Å². The normalized spacial score (nSPS) is 10.4. The fourth-order valence-corrected chi connectivity index (χ4v) is 2.20. The Morgan fingerprint density at radius 1 is 1.36 bits per heavy atom. The van der Waals surface area contributed by atoms with Gasteiger partial charge < -0.3 is 5.11 Å². The van der Waals surface area contributed by atoms with Crippen LogP contribution in [0.25, 0.3) is 0 Å². The topological polar surface area (TPSA) is 139 Å². The van der Waals surface area contributed by atoms with Gasteiger partial charge in [0.25, 0.3) is 11.2 Å². The molecule has 0 amide bonds. The zero-order valence-electron chi connectivity index (χ0n) is 11.1. The molecule has 0 aliphatic rings. The van der Waals surface area contributed by atoms with Gasteiger partial charge in [-0.2, -0.15) is 0 Å². The van der Waals surface area contributed by atoms with E-state index < -0.39 is 16.5 Å². The highest BCUT2D eigenvalue weighted by Gasteiger charge is 2.15. The number of H-pyrrole nitrogens is 1. The van der Waals surface area contributed by atoms with Gasteiger partial charge in [0, 0.05) is 18.1 Å². The Morgan fingerprint density at radius 2 is 2.09 bits per heavy atom. The van der Waals surface area contributed by atoms with Crippen molar-refractivity contribution >= 4 is 23.4 Å². The van der Waals surface area contributed by atoms with Gasteiger partial charge in [0.1, 0.15) is 5.69 Å². The van der Waals surface area contributed by atoms with Crippen molar-refractivity contribution in [3.63, 3.8) is 0 Å². The van der Waals surface area contributed by atoms with E-state index in [1.807, 2.05) is 0 Å². The number of hydrogen-bond acceptors (Lipinski definition) is 7. The lowest BCUT2D eigenvalue weighted by molar-refractivity contribution is -0.385. The summed E-state index contributed by atoms with van der Waals surface area (Å²) in [5, 5.41) is 27.0. The second kappa shape index (κ2) is 6.80. The van der Waals surface area contributed by atoms with Gasteiger partial charge >= 0.3 is 5.97 Å². The molecule has 0 bridgehead atoms. The molecule has 0 radical (unpaired) electrons. The van der Waals surface area contributed by atoms with Gasteiger partial charge in [0.2, 0.25) is 0 Å². The van der Waals surface area contributed by atoms with Gasteiger partial charge in [-0.15, -0.1) is 10.2 Å². The van der Waals surface area contributed by atoms with E-state index in [1.165, 1.54) is 18.2 Å². The Hall–Kier alpha value is -2.75. The predicted molar refractivity (Wildman–Crippen MR) is 76.9 cm³/mol. The summed E-state index contributed by atoms with van der Waals surface area (Å²) >= 11 is 0.829. The number of para-hydroxylation sites is 1. The average Bonchev–Trinajstić information content (AvgIpc) is 2.48. The first-order valence-corrected chi connectivity index (χ1v) is 6.98. The minimum atomic E-state index is -1.04. The molecular weight excluding hydrogens is 312 g/mol. The van der Waals surface area contributed by atoms with Crippen molar-refractivity contribution < 1.29 is 14.8 Å². The van der Waals surface area contributed by atoms with Crippen LogP contribution in [0.15, 0.2) is 34.2 Å². The molecule has 0 saturated heterocycles. The third kappa shape index (κ3) is 3.88. The largest absolute Gasteiger partial charge is 0.481 e. The van der Waals surface area contributed by atoms with E-state index in [1.54, 1.807) is 6.07 Å². The van der Waals surface area contributed by atoms with Crippen LogP contribution in [-0.4, -0.2) is 36.9 Å². The first-order chi connectivity index (χ1) is 10.5. The number of aromatic nitrogens is 3. The zero-order valence-corrected chi connectivity index (χ0v) is 11.9. The number of carboxylic acid groups (broad SMARTS) is 1. The number of aromatic amines is 1. The van der Waals surface area contributed by atoms with E-state index in [2.05, 4.69) is 15.2 Å². The van der Waals surface area contributed by atoms with Gasteiger partial charge in [0.05, 0.1) is 10.7 Å². The number of nitro groups is 1. The molecule has 9 nitrogen and oxygen atoms in total. The molecule has 2 N–H and O–H groups in total. The Balaban J connectivity index is 2.23.